The van der Waals surface area contributed by atoms with E-state index in [1.165, 1.54) is 0 Å². The fourth-order valence-corrected chi connectivity index (χ4v) is 2.16. The smallest absolute Gasteiger partial charge is 0.307 e. The maximum absolute atomic E-state index is 10.9. The van der Waals surface area contributed by atoms with E-state index < -0.39 is 5.97 Å². The second-order valence-electron chi connectivity index (χ2n) is 4.59. The standard InChI is InChI=1S/C12H23NO3/c1-4-13(8-11-6-5-7-16-11)10(3)9(2)12(14)15/h9-11H,4-8H2,1-3H3,(H,14,15). The molecule has 0 spiro atoms. The number of nitrogens with zero attached hydrogens (tertiary/aromatic N) is 1. The van der Waals surface area contributed by atoms with Crippen LogP contribution in [0.3, 0.4) is 0 Å². The molecule has 0 saturated carbocycles. The summed E-state index contributed by atoms with van der Waals surface area (Å²) in [6.07, 6.45) is 2.53. The average molecular weight is 229 g/mol. The largest absolute Gasteiger partial charge is 0.481 e. The van der Waals surface area contributed by atoms with Crippen molar-refractivity contribution in [3.63, 3.8) is 0 Å². The molecule has 0 amide bonds. The van der Waals surface area contributed by atoms with E-state index in [0.29, 0.717) is 6.10 Å². The zero-order valence-electron chi connectivity index (χ0n) is 10.5. The molecule has 1 saturated heterocycles. The average Bonchev–Trinajstić information content (AvgIpc) is 2.76. The van der Waals surface area contributed by atoms with Gasteiger partial charge in [0.05, 0.1) is 12.0 Å². The van der Waals surface area contributed by atoms with E-state index in [0.717, 1.165) is 32.5 Å². The van der Waals surface area contributed by atoms with E-state index >= 15 is 0 Å². The second kappa shape index (κ2) is 6.21. The van der Waals surface area contributed by atoms with Gasteiger partial charge in [0, 0.05) is 19.2 Å². The molecule has 1 rings (SSSR count). The topological polar surface area (TPSA) is 49.8 Å². The lowest BCUT2D eigenvalue weighted by molar-refractivity contribution is -0.143. The second-order valence-corrected chi connectivity index (χ2v) is 4.59. The number of hydrogen-bond donors (Lipinski definition) is 1. The van der Waals surface area contributed by atoms with Crippen molar-refractivity contribution >= 4 is 5.97 Å². The van der Waals surface area contributed by atoms with Crippen molar-refractivity contribution in [2.75, 3.05) is 19.7 Å². The normalized spacial score (nSPS) is 24.6. The van der Waals surface area contributed by atoms with Crippen molar-refractivity contribution in [1.29, 1.82) is 0 Å². The van der Waals surface area contributed by atoms with Gasteiger partial charge in [0.1, 0.15) is 0 Å². The number of hydrogen-bond acceptors (Lipinski definition) is 3. The number of likely N-dealkylation sites (N-methyl/N-ethyl adjacent to an activating group) is 1. The third-order valence-electron chi connectivity index (χ3n) is 3.56. The van der Waals surface area contributed by atoms with Gasteiger partial charge in [-0.3, -0.25) is 9.69 Å². The molecule has 1 N–H and O–H groups in total. The quantitative estimate of drug-likeness (QED) is 0.751. The van der Waals surface area contributed by atoms with Crippen molar-refractivity contribution in [1.82, 2.24) is 4.90 Å². The van der Waals surface area contributed by atoms with Gasteiger partial charge in [-0.15, -0.1) is 0 Å². The molecule has 0 aliphatic carbocycles. The maximum atomic E-state index is 10.9. The minimum absolute atomic E-state index is 0.0618. The van der Waals surface area contributed by atoms with E-state index in [2.05, 4.69) is 11.8 Å². The molecule has 0 aromatic heterocycles. The zero-order chi connectivity index (χ0) is 12.1. The molecule has 1 heterocycles. The molecule has 0 bridgehead atoms. The first-order chi connectivity index (χ1) is 7.56. The zero-order valence-corrected chi connectivity index (χ0v) is 10.5. The molecule has 16 heavy (non-hydrogen) atoms. The highest BCUT2D eigenvalue weighted by atomic mass is 16.5. The van der Waals surface area contributed by atoms with Crippen LogP contribution in [0, 0.1) is 5.92 Å². The summed E-state index contributed by atoms with van der Waals surface area (Å²) in [6.45, 7) is 8.40. The van der Waals surface area contributed by atoms with Crippen LogP contribution in [0.25, 0.3) is 0 Å². The van der Waals surface area contributed by atoms with E-state index in [1.54, 1.807) is 6.92 Å². The van der Waals surface area contributed by atoms with Crippen LogP contribution in [-0.2, 0) is 9.53 Å². The van der Waals surface area contributed by atoms with Crippen LogP contribution in [0.4, 0.5) is 0 Å². The third-order valence-corrected chi connectivity index (χ3v) is 3.56. The highest BCUT2D eigenvalue weighted by Crippen LogP contribution is 2.17. The van der Waals surface area contributed by atoms with Gasteiger partial charge in [-0.1, -0.05) is 13.8 Å². The fourth-order valence-electron chi connectivity index (χ4n) is 2.16. The first kappa shape index (κ1) is 13.5. The molecule has 0 aromatic rings. The molecular formula is C12H23NO3. The van der Waals surface area contributed by atoms with Gasteiger partial charge in [-0.25, -0.2) is 0 Å². The minimum Gasteiger partial charge on any atom is -0.481 e. The highest BCUT2D eigenvalue weighted by Gasteiger charge is 2.27. The Morgan fingerprint density at radius 2 is 2.25 bits per heavy atom. The first-order valence-corrected chi connectivity index (χ1v) is 6.14. The molecule has 4 nitrogen and oxygen atoms in total. The summed E-state index contributed by atoms with van der Waals surface area (Å²) in [6, 6.07) is 0.0618. The van der Waals surface area contributed by atoms with Gasteiger partial charge in [-0.05, 0) is 26.3 Å². The summed E-state index contributed by atoms with van der Waals surface area (Å²) in [5, 5.41) is 9.00. The predicted molar refractivity (Wildman–Crippen MR) is 62.5 cm³/mol. The van der Waals surface area contributed by atoms with E-state index in [9.17, 15) is 4.79 Å². The first-order valence-electron chi connectivity index (χ1n) is 6.14. The van der Waals surface area contributed by atoms with Gasteiger partial charge in [-0.2, -0.15) is 0 Å². The van der Waals surface area contributed by atoms with Gasteiger partial charge < -0.3 is 9.84 Å². The van der Waals surface area contributed by atoms with Crippen LogP contribution >= 0.6 is 0 Å². The summed E-state index contributed by atoms with van der Waals surface area (Å²) >= 11 is 0. The van der Waals surface area contributed by atoms with Crippen LogP contribution in [0.1, 0.15) is 33.6 Å². The number of ether oxygens (including phenoxy) is 1. The van der Waals surface area contributed by atoms with Gasteiger partial charge >= 0.3 is 5.97 Å². The van der Waals surface area contributed by atoms with Crippen LogP contribution in [0.2, 0.25) is 0 Å². The number of rotatable bonds is 6. The Morgan fingerprint density at radius 1 is 1.56 bits per heavy atom. The van der Waals surface area contributed by atoms with Crippen LogP contribution in [0.5, 0.6) is 0 Å². The highest BCUT2D eigenvalue weighted by molar-refractivity contribution is 5.70. The Bertz CT molecular complexity index is 226. The van der Waals surface area contributed by atoms with Crippen molar-refractivity contribution in [3.05, 3.63) is 0 Å². The molecule has 1 fully saturated rings. The molecule has 3 unspecified atom stereocenters. The lowest BCUT2D eigenvalue weighted by atomic mass is 10.0. The molecule has 1 aliphatic rings. The van der Waals surface area contributed by atoms with Crippen molar-refractivity contribution < 1.29 is 14.6 Å². The van der Waals surface area contributed by atoms with Gasteiger partial charge in [0.25, 0.3) is 0 Å². The van der Waals surface area contributed by atoms with Crippen molar-refractivity contribution in [3.8, 4) is 0 Å². The summed E-state index contributed by atoms with van der Waals surface area (Å²) in [5.74, 6) is -1.06. The van der Waals surface area contributed by atoms with Gasteiger partial charge in [0.2, 0.25) is 0 Å². The van der Waals surface area contributed by atoms with Crippen molar-refractivity contribution in [2.45, 2.75) is 45.8 Å². The molecule has 1 aliphatic heterocycles. The molecule has 3 atom stereocenters. The van der Waals surface area contributed by atoms with Gasteiger partial charge in [0.15, 0.2) is 0 Å². The molecule has 94 valence electrons. The molecular weight excluding hydrogens is 206 g/mol. The monoisotopic (exact) mass is 229 g/mol. The SMILES string of the molecule is CCN(CC1CCCO1)C(C)C(C)C(=O)O. The van der Waals surface area contributed by atoms with Crippen LogP contribution in [-0.4, -0.2) is 47.8 Å². The summed E-state index contributed by atoms with van der Waals surface area (Å²) in [7, 11) is 0. The number of carbonyl (C=O) groups is 1. The fraction of sp³-hybridized carbons (Fsp3) is 0.917. The lowest BCUT2D eigenvalue weighted by Crippen LogP contribution is -2.44. The third kappa shape index (κ3) is 3.46. The lowest BCUT2D eigenvalue weighted by Gasteiger charge is -2.32. The number of carboxylic acid groups (broad SMARTS) is 1. The molecule has 4 heteroatoms. The van der Waals surface area contributed by atoms with E-state index in [1.807, 2.05) is 6.92 Å². The number of carboxylic acids is 1. The molecule has 0 aromatic carbocycles. The summed E-state index contributed by atoms with van der Waals surface area (Å²) in [4.78, 5) is 13.1. The van der Waals surface area contributed by atoms with Crippen molar-refractivity contribution in [2.24, 2.45) is 5.92 Å². The maximum Gasteiger partial charge on any atom is 0.307 e. The minimum atomic E-state index is -0.724. The Kier molecular flexibility index (Phi) is 5.22. The Labute approximate surface area is 97.6 Å². The van der Waals surface area contributed by atoms with Crippen LogP contribution < -0.4 is 0 Å². The summed E-state index contributed by atoms with van der Waals surface area (Å²) in [5.41, 5.74) is 0. The van der Waals surface area contributed by atoms with Crippen LogP contribution in [0.15, 0.2) is 0 Å². The summed E-state index contributed by atoms with van der Waals surface area (Å²) < 4.78 is 5.59. The predicted octanol–water partition coefficient (Wildman–Crippen LogP) is 1.60. The van der Waals surface area contributed by atoms with E-state index in [-0.39, 0.29) is 12.0 Å². The Morgan fingerprint density at radius 3 is 2.69 bits per heavy atom. The Balaban J connectivity index is 2.48. The van der Waals surface area contributed by atoms with E-state index in [4.69, 9.17) is 9.84 Å². The molecule has 0 radical (unpaired) electrons. The number of aliphatic carboxylic acids is 1. The Hall–Kier alpha value is -0.610.